The second-order valence-corrected chi connectivity index (χ2v) is 4.10. The van der Waals surface area contributed by atoms with Gasteiger partial charge in [0.25, 0.3) is 0 Å². The number of para-hydroxylation sites is 1. The number of ketones is 1. The highest BCUT2D eigenvalue weighted by Crippen LogP contribution is 2.29. The Balaban J connectivity index is 2.49. The van der Waals surface area contributed by atoms with Crippen molar-refractivity contribution in [3.8, 4) is 5.75 Å². The molecular weight excluding hydrogens is 314 g/mol. The van der Waals surface area contributed by atoms with Crippen LogP contribution >= 0.6 is 0 Å². The molecule has 22 heavy (non-hydrogen) atoms. The molecule has 0 aliphatic rings. The van der Waals surface area contributed by atoms with E-state index in [0.29, 0.717) is 12.1 Å². The molecule has 0 amide bonds. The molecule has 2 aromatic rings. The number of rotatable bonds is 3. The molecule has 2 nitrogen and oxygen atoms in total. The second kappa shape index (κ2) is 5.70. The van der Waals surface area contributed by atoms with Crippen molar-refractivity contribution in [3.05, 3.63) is 65.0 Å². The van der Waals surface area contributed by atoms with E-state index >= 15 is 0 Å². The van der Waals surface area contributed by atoms with Crippen LogP contribution in [0, 0.1) is 17.5 Å². The largest absolute Gasteiger partial charge is 0.573 e. The molecule has 8 heteroatoms. The van der Waals surface area contributed by atoms with E-state index in [1.54, 1.807) is 0 Å². The molecule has 0 aliphatic carbocycles. The van der Waals surface area contributed by atoms with Crippen LogP contribution in [0.15, 0.2) is 36.4 Å². The Bertz CT molecular complexity index is 724. The zero-order valence-electron chi connectivity index (χ0n) is 10.5. The van der Waals surface area contributed by atoms with Gasteiger partial charge < -0.3 is 4.74 Å². The van der Waals surface area contributed by atoms with Gasteiger partial charge in [-0.3, -0.25) is 4.79 Å². The van der Waals surface area contributed by atoms with E-state index < -0.39 is 46.5 Å². The molecule has 0 radical (unpaired) electrons. The topological polar surface area (TPSA) is 26.3 Å². The summed E-state index contributed by atoms with van der Waals surface area (Å²) in [5, 5.41) is 0. The quantitative estimate of drug-likeness (QED) is 0.480. The van der Waals surface area contributed by atoms with Gasteiger partial charge in [0.1, 0.15) is 5.75 Å². The van der Waals surface area contributed by atoms with Crippen molar-refractivity contribution in [2.45, 2.75) is 6.36 Å². The maximum absolute atomic E-state index is 13.6. The third-order valence-corrected chi connectivity index (χ3v) is 2.64. The fourth-order valence-corrected chi connectivity index (χ4v) is 1.71. The number of carbonyl (C=O) groups is 1. The van der Waals surface area contributed by atoms with E-state index in [9.17, 15) is 31.1 Å². The summed E-state index contributed by atoms with van der Waals surface area (Å²) in [6.45, 7) is 0. The number of halogens is 6. The Morgan fingerprint density at radius 2 is 1.50 bits per heavy atom. The summed E-state index contributed by atoms with van der Waals surface area (Å²) in [6, 6.07) is 5.32. The summed E-state index contributed by atoms with van der Waals surface area (Å²) in [7, 11) is 0. The van der Waals surface area contributed by atoms with Crippen molar-refractivity contribution in [1.82, 2.24) is 0 Å². The molecule has 0 spiro atoms. The lowest BCUT2D eigenvalue weighted by atomic mass is 10.0. The maximum atomic E-state index is 13.6. The molecule has 2 rings (SSSR count). The summed E-state index contributed by atoms with van der Waals surface area (Å²) < 4.78 is 80.0. The Morgan fingerprint density at radius 3 is 2.14 bits per heavy atom. The van der Waals surface area contributed by atoms with Gasteiger partial charge in [-0.25, -0.2) is 13.2 Å². The van der Waals surface area contributed by atoms with Crippen LogP contribution in [0.3, 0.4) is 0 Å². The van der Waals surface area contributed by atoms with Crippen LogP contribution in [0.25, 0.3) is 0 Å². The normalized spacial score (nSPS) is 11.4. The first-order valence-electron chi connectivity index (χ1n) is 5.73. The van der Waals surface area contributed by atoms with E-state index in [4.69, 9.17) is 0 Å². The number of hydrogen-bond donors (Lipinski definition) is 0. The predicted molar refractivity (Wildman–Crippen MR) is 62.9 cm³/mol. The van der Waals surface area contributed by atoms with E-state index in [1.165, 1.54) is 12.1 Å². The van der Waals surface area contributed by atoms with Crippen LogP contribution in [-0.2, 0) is 0 Å². The fourth-order valence-electron chi connectivity index (χ4n) is 1.71. The monoisotopic (exact) mass is 320 g/mol. The van der Waals surface area contributed by atoms with E-state index in [-0.39, 0.29) is 0 Å². The van der Waals surface area contributed by atoms with E-state index in [1.807, 2.05) is 0 Å². The number of alkyl halides is 3. The van der Waals surface area contributed by atoms with Gasteiger partial charge in [-0.2, -0.15) is 0 Å². The van der Waals surface area contributed by atoms with Crippen molar-refractivity contribution in [3.63, 3.8) is 0 Å². The predicted octanol–water partition coefficient (Wildman–Crippen LogP) is 4.23. The van der Waals surface area contributed by atoms with Crippen LogP contribution in [0.1, 0.15) is 15.9 Å². The maximum Gasteiger partial charge on any atom is 0.573 e. The van der Waals surface area contributed by atoms with Gasteiger partial charge in [0, 0.05) is 0 Å². The van der Waals surface area contributed by atoms with E-state index in [2.05, 4.69) is 4.74 Å². The Kier molecular flexibility index (Phi) is 4.11. The molecule has 116 valence electrons. The van der Waals surface area contributed by atoms with Gasteiger partial charge in [-0.05, 0) is 24.3 Å². The van der Waals surface area contributed by atoms with Gasteiger partial charge in [0.2, 0.25) is 0 Å². The van der Waals surface area contributed by atoms with Gasteiger partial charge in [-0.1, -0.05) is 12.1 Å². The molecule has 0 N–H and O–H groups in total. The highest BCUT2D eigenvalue weighted by molar-refractivity contribution is 6.10. The highest BCUT2D eigenvalue weighted by Gasteiger charge is 2.33. The summed E-state index contributed by atoms with van der Waals surface area (Å²) in [4.78, 5) is 12.1. The molecule has 0 saturated carbocycles. The summed E-state index contributed by atoms with van der Waals surface area (Å²) >= 11 is 0. The number of ether oxygens (including phenoxy) is 1. The number of benzene rings is 2. The van der Waals surface area contributed by atoms with Crippen molar-refractivity contribution >= 4 is 5.78 Å². The summed E-state index contributed by atoms with van der Waals surface area (Å²) in [6.07, 6.45) is -5.07. The zero-order chi connectivity index (χ0) is 16.5. The van der Waals surface area contributed by atoms with Gasteiger partial charge in [0.05, 0.1) is 11.1 Å². The Labute approximate surface area is 119 Å². The number of hydrogen-bond acceptors (Lipinski definition) is 2. The first-order chi connectivity index (χ1) is 10.2. The summed E-state index contributed by atoms with van der Waals surface area (Å²) in [5.41, 5.74) is -1.54. The minimum absolute atomic E-state index is 0.499. The van der Waals surface area contributed by atoms with Crippen LogP contribution in [0.2, 0.25) is 0 Å². The third-order valence-electron chi connectivity index (χ3n) is 2.64. The van der Waals surface area contributed by atoms with Crippen molar-refractivity contribution < 1.29 is 35.9 Å². The molecule has 0 bridgehead atoms. The van der Waals surface area contributed by atoms with Crippen LogP contribution in [0.5, 0.6) is 5.75 Å². The average Bonchev–Trinajstić information content (AvgIpc) is 2.43. The molecule has 2 aromatic carbocycles. The Hall–Kier alpha value is -2.51. The minimum Gasteiger partial charge on any atom is -0.405 e. The second-order valence-electron chi connectivity index (χ2n) is 4.10. The van der Waals surface area contributed by atoms with Crippen LogP contribution in [-0.4, -0.2) is 12.1 Å². The van der Waals surface area contributed by atoms with Crippen molar-refractivity contribution in [1.29, 1.82) is 0 Å². The molecule has 0 saturated heterocycles. The lowest BCUT2D eigenvalue weighted by Crippen LogP contribution is -2.19. The van der Waals surface area contributed by atoms with Gasteiger partial charge in [0.15, 0.2) is 23.2 Å². The number of carbonyl (C=O) groups excluding carboxylic acids is 1. The lowest BCUT2D eigenvalue weighted by Gasteiger charge is -2.12. The highest BCUT2D eigenvalue weighted by atomic mass is 19.4. The molecule has 0 unspecified atom stereocenters. The minimum atomic E-state index is -5.07. The van der Waals surface area contributed by atoms with Crippen molar-refractivity contribution in [2.75, 3.05) is 0 Å². The molecule has 0 aromatic heterocycles. The van der Waals surface area contributed by atoms with Crippen LogP contribution < -0.4 is 4.74 Å². The summed E-state index contributed by atoms with van der Waals surface area (Å²) in [5.74, 6) is -7.33. The molecule has 0 heterocycles. The first kappa shape index (κ1) is 15.9. The van der Waals surface area contributed by atoms with E-state index in [0.717, 1.165) is 12.1 Å². The Morgan fingerprint density at radius 1 is 0.864 bits per heavy atom. The van der Waals surface area contributed by atoms with Crippen LogP contribution in [0.4, 0.5) is 26.3 Å². The zero-order valence-corrected chi connectivity index (χ0v) is 10.5. The smallest absolute Gasteiger partial charge is 0.405 e. The SMILES string of the molecule is O=C(c1ccccc1OC(F)(F)F)c1ccc(F)c(F)c1F. The lowest BCUT2D eigenvalue weighted by molar-refractivity contribution is -0.274. The molecule has 0 atom stereocenters. The first-order valence-corrected chi connectivity index (χ1v) is 5.73. The van der Waals surface area contributed by atoms with Gasteiger partial charge >= 0.3 is 6.36 Å². The molecule has 0 aliphatic heterocycles. The third kappa shape index (κ3) is 3.21. The van der Waals surface area contributed by atoms with Crippen molar-refractivity contribution in [2.24, 2.45) is 0 Å². The van der Waals surface area contributed by atoms with Gasteiger partial charge in [-0.15, -0.1) is 13.2 Å². The average molecular weight is 320 g/mol. The fraction of sp³-hybridized carbons (Fsp3) is 0.0714. The standard InChI is InChI=1S/C14H6F6O2/c15-9-6-5-8(11(16)12(9)17)13(21)7-3-1-2-4-10(7)22-14(18,19)20/h1-6H. The molecular formula is C14H6F6O2. The molecule has 0 fully saturated rings.